The van der Waals surface area contributed by atoms with E-state index in [0.717, 1.165) is 34.0 Å². The van der Waals surface area contributed by atoms with Crippen molar-refractivity contribution in [3.63, 3.8) is 0 Å². The van der Waals surface area contributed by atoms with Crippen LogP contribution in [0.5, 0.6) is 0 Å². The monoisotopic (exact) mass is 515 g/mol. The average Bonchev–Trinajstić information content (AvgIpc) is 3.02. The zero-order valence-electron chi connectivity index (χ0n) is 22.6. The van der Waals surface area contributed by atoms with Crippen LogP contribution in [0.3, 0.4) is 0 Å². The third-order valence-corrected chi connectivity index (χ3v) is 7.41. The predicted molar refractivity (Wildman–Crippen MR) is 168 cm³/mol. The summed E-state index contributed by atoms with van der Waals surface area (Å²) in [6.45, 7) is 2.07. The molecule has 3 nitrogen and oxygen atoms in total. The Morgan fingerprint density at radius 1 is 0.550 bits per heavy atom. The van der Waals surface area contributed by atoms with E-state index >= 15 is 0 Å². The number of nitriles is 1. The fourth-order valence-electron chi connectivity index (χ4n) is 5.29. The first-order chi connectivity index (χ1) is 19.6. The van der Waals surface area contributed by atoms with E-state index in [2.05, 4.69) is 138 Å². The molecule has 0 unspecified atom stereocenters. The van der Waals surface area contributed by atoms with Crippen molar-refractivity contribution in [2.75, 3.05) is 16.8 Å². The largest absolute Gasteiger partial charge is 0.344 e. The molecule has 6 rings (SSSR count). The maximum atomic E-state index is 9.41. The van der Waals surface area contributed by atoms with Crippen molar-refractivity contribution in [3.05, 3.63) is 151 Å². The zero-order chi connectivity index (χ0) is 27.5. The lowest BCUT2D eigenvalue weighted by molar-refractivity contribution is 1.18. The molecule has 0 atom stereocenters. The molecule has 0 heterocycles. The Balaban J connectivity index is 1.46. The van der Waals surface area contributed by atoms with Gasteiger partial charge < -0.3 is 9.80 Å². The minimum Gasteiger partial charge on any atom is -0.344 e. The van der Waals surface area contributed by atoms with Gasteiger partial charge in [-0.3, -0.25) is 0 Å². The number of hydrogen-bond acceptors (Lipinski definition) is 3. The highest BCUT2D eigenvalue weighted by atomic mass is 15.1. The molecule has 0 fully saturated rings. The van der Waals surface area contributed by atoms with Crippen LogP contribution in [0.1, 0.15) is 11.1 Å². The number of fused-ring (bicyclic) bond motifs is 1. The number of rotatable bonds is 6. The first kappa shape index (κ1) is 25.0. The molecule has 0 bridgehead atoms. The lowest BCUT2D eigenvalue weighted by Crippen LogP contribution is -2.13. The molecular formula is C37H29N3. The van der Waals surface area contributed by atoms with Crippen LogP contribution < -0.4 is 9.80 Å². The Labute approximate surface area is 235 Å². The molecule has 6 aromatic rings. The Hall–Kier alpha value is -5.33. The van der Waals surface area contributed by atoms with E-state index < -0.39 is 0 Å². The molecule has 192 valence electrons. The SMILES string of the molecule is Cc1ccc(C#N)cc1N(C)c1ccc(N(c2cccc(-c3ccccc3)c2)c2cccc3ccccc23)cc1. The minimum atomic E-state index is 0.657. The summed E-state index contributed by atoms with van der Waals surface area (Å²) in [4.78, 5) is 4.47. The van der Waals surface area contributed by atoms with Crippen LogP contribution in [0.4, 0.5) is 28.4 Å². The second kappa shape index (κ2) is 10.8. The number of anilines is 5. The molecule has 0 saturated carbocycles. The molecule has 0 aliphatic carbocycles. The highest BCUT2D eigenvalue weighted by Crippen LogP contribution is 2.41. The second-order valence-corrected chi connectivity index (χ2v) is 9.94. The lowest BCUT2D eigenvalue weighted by atomic mass is 10.0. The van der Waals surface area contributed by atoms with Crippen molar-refractivity contribution >= 4 is 39.2 Å². The standard InChI is InChI=1S/C37H29N3/c1-27-18-19-28(26-38)24-37(27)39(2)32-20-22-33(23-21-32)40(36-17-9-13-30-12-6-7-16-35(30)36)34-15-8-14-31(25-34)29-10-4-3-5-11-29/h3-25H,1-2H3. The van der Waals surface area contributed by atoms with Crippen LogP contribution in [0, 0.1) is 18.3 Å². The first-order valence-corrected chi connectivity index (χ1v) is 13.4. The molecule has 0 aromatic heterocycles. The van der Waals surface area contributed by atoms with Gasteiger partial charge in [-0.25, -0.2) is 0 Å². The van der Waals surface area contributed by atoms with E-state index in [1.165, 1.54) is 21.9 Å². The number of aryl methyl sites for hydroxylation is 1. The summed E-state index contributed by atoms with van der Waals surface area (Å²) in [5.41, 5.74) is 9.51. The lowest BCUT2D eigenvalue weighted by Gasteiger charge is -2.28. The first-order valence-electron chi connectivity index (χ1n) is 13.4. The summed E-state index contributed by atoms with van der Waals surface area (Å²) >= 11 is 0. The van der Waals surface area contributed by atoms with Gasteiger partial charge in [0.25, 0.3) is 0 Å². The Morgan fingerprint density at radius 2 is 1.23 bits per heavy atom. The highest BCUT2D eigenvalue weighted by molar-refractivity contribution is 5.99. The van der Waals surface area contributed by atoms with Crippen molar-refractivity contribution in [3.8, 4) is 17.2 Å². The van der Waals surface area contributed by atoms with Crippen LogP contribution in [-0.4, -0.2) is 7.05 Å². The highest BCUT2D eigenvalue weighted by Gasteiger charge is 2.17. The molecule has 0 amide bonds. The predicted octanol–water partition coefficient (Wildman–Crippen LogP) is 9.92. The van der Waals surface area contributed by atoms with Crippen molar-refractivity contribution in [2.24, 2.45) is 0 Å². The van der Waals surface area contributed by atoms with Crippen molar-refractivity contribution in [1.29, 1.82) is 5.26 Å². The maximum Gasteiger partial charge on any atom is 0.0992 e. The molecule has 0 aliphatic rings. The third-order valence-electron chi connectivity index (χ3n) is 7.41. The summed E-state index contributed by atoms with van der Waals surface area (Å²) in [7, 11) is 2.05. The van der Waals surface area contributed by atoms with Gasteiger partial charge in [0, 0.05) is 35.2 Å². The summed E-state index contributed by atoms with van der Waals surface area (Å²) in [5.74, 6) is 0. The van der Waals surface area contributed by atoms with Crippen molar-refractivity contribution < 1.29 is 0 Å². The summed E-state index contributed by atoms with van der Waals surface area (Å²) in [6.07, 6.45) is 0. The number of benzene rings is 6. The summed E-state index contributed by atoms with van der Waals surface area (Å²) in [5, 5.41) is 11.8. The van der Waals surface area contributed by atoms with Crippen LogP contribution in [-0.2, 0) is 0 Å². The van der Waals surface area contributed by atoms with E-state index in [4.69, 9.17) is 0 Å². The van der Waals surface area contributed by atoms with Gasteiger partial charge in [-0.1, -0.05) is 84.9 Å². The Bertz CT molecular complexity index is 1830. The fourth-order valence-corrected chi connectivity index (χ4v) is 5.29. The normalized spacial score (nSPS) is 10.7. The van der Waals surface area contributed by atoms with E-state index in [1.807, 2.05) is 31.3 Å². The Kier molecular flexibility index (Phi) is 6.75. The summed E-state index contributed by atoms with van der Waals surface area (Å²) < 4.78 is 0. The molecular weight excluding hydrogens is 486 g/mol. The van der Waals surface area contributed by atoms with Crippen molar-refractivity contribution in [2.45, 2.75) is 6.92 Å². The molecule has 0 saturated heterocycles. The number of hydrogen-bond donors (Lipinski definition) is 0. The van der Waals surface area contributed by atoms with Gasteiger partial charge in [0.2, 0.25) is 0 Å². The van der Waals surface area contributed by atoms with Gasteiger partial charge in [-0.2, -0.15) is 5.26 Å². The van der Waals surface area contributed by atoms with Gasteiger partial charge in [-0.15, -0.1) is 0 Å². The molecule has 0 spiro atoms. The second-order valence-electron chi connectivity index (χ2n) is 9.94. The smallest absolute Gasteiger partial charge is 0.0992 e. The average molecular weight is 516 g/mol. The minimum absolute atomic E-state index is 0.657. The quantitative estimate of drug-likeness (QED) is 0.221. The third kappa shape index (κ3) is 4.79. The van der Waals surface area contributed by atoms with Crippen LogP contribution >= 0.6 is 0 Å². The van der Waals surface area contributed by atoms with E-state index in [1.54, 1.807) is 0 Å². The summed E-state index contributed by atoms with van der Waals surface area (Å²) in [6, 6.07) is 50.9. The van der Waals surface area contributed by atoms with Crippen LogP contribution in [0.25, 0.3) is 21.9 Å². The molecule has 0 radical (unpaired) electrons. The van der Waals surface area contributed by atoms with Gasteiger partial charge in [0.05, 0.1) is 17.3 Å². The molecule has 6 aromatic carbocycles. The fraction of sp³-hybridized carbons (Fsp3) is 0.0541. The van der Waals surface area contributed by atoms with Gasteiger partial charge >= 0.3 is 0 Å². The van der Waals surface area contributed by atoms with Crippen LogP contribution in [0.15, 0.2) is 140 Å². The van der Waals surface area contributed by atoms with E-state index in [9.17, 15) is 5.26 Å². The molecule has 3 heteroatoms. The maximum absolute atomic E-state index is 9.41. The molecule has 0 N–H and O–H groups in total. The van der Waals surface area contributed by atoms with E-state index in [0.29, 0.717) is 5.56 Å². The van der Waals surface area contributed by atoms with Gasteiger partial charge in [0.15, 0.2) is 0 Å². The molecule has 0 aliphatic heterocycles. The van der Waals surface area contributed by atoms with Crippen LogP contribution in [0.2, 0.25) is 0 Å². The van der Waals surface area contributed by atoms with Crippen molar-refractivity contribution in [1.82, 2.24) is 0 Å². The zero-order valence-corrected chi connectivity index (χ0v) is 22.6. The van der Waals surface area contributed by atoms with Gasteiger partial charge in [-0.05, 0) is 83.6 Å². The topological polar surface area (TPSA) is 30.3 Å². The Morgan fingerprint density at radius 3 is 2.02 bits per heavy atom. The molecule has 40 heavy (non-hydrogen) atoms. The van der Waals surface area contributed by atoms with E-state index in [-0.39, 0.29) is 0 Å². The van der Waals surface area contributed by atoms with Gasteiger partial charge in [0.1, 0.15) is 0 Å². The number of nitrogens with zero attached hydrogens (tertiary/aromatic N) is 3.